The molecule has 1 aliphatic rings. The van der Waals surface area contributed by atoms with E-state index in [1.54, 1.807) is 7.11 Å². The zero-order valence-electron chi connectivity index (χ0n) is 15.3. The van der Waals surface area contributed by atoms with Crippen molar-refractivity contribution in [2.75, 3.05) is 32.2 Å². The number of hydrogen-bond acceptors (Lipinski definition) is 3. The molecule has 1 saturated heterocycles. The van der Waals surface area contributed by atoms with Crippen molar-refractivity contribution >= 4 is 16.6 Å². The molecule has 4 rings (SSSR count). The van der Waals surface area contributed by atoms with Crippen LogP contribution in [0.1, 0.15) is 18.4 Å². The molecule has 1 aliphatic heterocycles. The van der Waals surface area contributed by atoms with Crippen molar-refractivity contribution in [2.45, 2.75) is 19.4 Å². The predicted octanol–water partition coefficient (Wildman–Crippen LogP) is 4.82. The molecule has 0 unspecified atom stereocenters. The number of ether oxygens (including phenoxy) is 2. The Bertz CT molecular complexity index is 851. The van der Waals surface area contributed by atoms with Crippen LogP contribution < -0.4 is 5.32 Å². The van der Waals surface area contributed by atoms with Crippen LogP contribution in [0.15, 0.2) is 48.5 Å². The van der Waals surface area contributed by atoms with Crippen LogP contribution in [0.4, 0.5) is 5.69 Å². The van der Waals surface area contributed by atoms with E-state index in [4.69, 9.17) is 9.47 Å². The van der Waals surface area contributed by atoms with Gasteiger partial charge in [0.1, 0.15) is 0 Å². The molecule has 4 nitrogen and oxygen atoms in total. The second-order valence-electron chi connectivity index (χ2n) is 7.03. The fourth-order valence-electron chi connectivity index (χ4n) is 3.67. The topological polar surface area (TPSA) is 46.3 Å². The highest BCUT2D eigenvalue weighted by atomic mass is 16.5. The van der Waals surface area contributed by atoms with E-state index >= 15 is 0 Å². The van der Waals surface area contributed by atoms with Gasteiger partial charge in [0.05, 0.1) is 17.8 Å². The Kier molecular flexibility index (Phi) is 5.23. The van der Waals surface area contributed by atoms with Crippen LogP contribution in [0.5, 0.6) is 0 Å². The molecule has 1 fully saturated rings. The number of H-pyrrole nitrogens is 1. The highest BCUT2D eigenvalue weighted by Gasteiger charge is 2.15. The zero-order valence-corrected chi connectivity index (χ0v) is 15.3. The molecule has 0 bridgehead atoms. The van der Waals surface area contributed by atoms with Gasteiger partial charge in [-0.3, -0.25) is 0 Å². The first-order chi connectivity index (χ1) is 12.8. The van der Waals surface area contributed by atoms with Crippen LogP contribution in [-0.4, -0.2) is 31.9 Å². The van der Waals surface area contributed by atoms with Gasteiger partial charge in [-0.15, -0.1) is 0 Å². The highest BCUT2D eigenvalue weighted by molar-refractivity contribution is 5.95. The maximum absolute atomic E-state index is 5.47. The molecule has 0 spiro atoms. The van der Waals surface area contributed by atoms with Crippen molar-refractivity contribution in [3.05, 3.63) is 54.1 Å². The molecule has 2 heterocycles. The van der Waals surface area contributed by atoms with Crippen LogP contribution >= 0.6 is 0 Å². The minimum absolute atomic E-state index is 0.619. The van der Waals surface area contributed by atoms with Gasteiger partial charge in [0, 0.05) is 37.9 Å². The minimum Gasteiger partial charge on any atom is -0.383 e. The first-order valence-electron chi connectivity index (χ1n) is 9.35. The molecule has 2 N–H and O–H groups in total. The molecule has 1 aromatic heterocycles. The van der Waals surface area contributed by atoms with E-state index in [0.717, 1.165) is 49.5 Å². The highest BCUT2D eigenvalue weighted by Crippen LogP contribution is 2.31. The summed E-state index contributed by atoms with van der Waals surface area (Å²) in [6.07, 6.45) is 2.27. The van der Waals surface area contributed by atoms with E-state index in [1.165, 1.54) is 16.5 Å². The molecule has 0 aliphatic carbocycles. The summed E-state index contributed by atoms with van der Waals surface area (Å²) < 4.78 is 10.8. The molecule has 0 saturated carbocycles. The van der Waals surface area contributed by atoms with E-state index in [-0.39, 0.29) is 0 Å². The number of aromatic amines is 1. The van der Waals surface area contributed by atoms with Gasteiger partial charge in [-0.05, 0) is 48.1 Å². The number of benzene rings is 2. The first kappa shape index (κ1) is 17.1. The molecule has 4 heteroatoms. The average Bonchev–Trinajstić information content (AvgIpc) is 3.12. The smallest absolute Gasteiger partial charge is 0.0714 e. The van der Waals surface area contributed by atoms with Crippen LogP contribution in [0.2, 0.25) is 0 Å². The molecule has 0 radical (unpaired) electrons. The largest absolute Gasteiger partial charge is 0.383 e. The van der Waals surface area contributed by atoms with E-state index in [1.807, 2.05) is 6.07 Å². The Hall–Kier alpha value is -2.30. The fourth-order valence-corrected chi connectivity index (χ4v) is 3.67. The van der Waals surface area contributed by atoms with Crippen LogP contribution in [0, 0.1) is 5.92 Å². The summed E-state index contributed by atoms with van der Waals surface area (Å²) in [5, 5.41) is 4.89. The number of methoxy groups -OCH3 is 1. The maximum Gasteiger partial charge on any atom is 0.0714 e. The van der Waals surface area contributed by atoms with Gasteiger partial charge in [0.2, 0.25) is 0 Å². The monoisotopic (exact) mass is 350 g/mol. The van der Waals surface area contributed by atoms with Gasteiger partial charge < -0.3 is 19.8 Å². The van der Waals surface area contributed by atoms with Crippen molar-refractivity contribution in [3.63, 3.8) is 0 Å². The van der Waals surface area contributed by atoms with Gasteiger partial charge in [0.15, 0.2) is 0 Å². The molecule has 2 aromatic carbocycles. The van der Waals surface area contributed by atoms with Crippen LogP contribution in [0.3, 0.4) is 0 Å². The van der Waals surface area contributed by atoms with Crippen molar-refractivity contribution in [1.82, 2.24) is 4.98 Å². The van der Waals surface area contributed by atoms with E-state index in [0.29, 0.717) is 12.5 Å². The second kappa shape index (κ2) is 7.94. The minimum atomic E-state index is 0.619. The number of anilines is 1. The van der Waals surface area contributed by atoms with Gasteiger partial charge in [-0.2, -0.15) is 0 Å². The van der Waals surface area contributed by atoms with Gasteiger partial charge in [-0.25, -0.2) is 0 Å². The lowest BCUT2D eigenvalue weighted by molar-refractivity contribution is 0.0699. The summed E-state index contributed by atoms with van der Waals surface area (Å²) in [5.41, 5.74) is 5.85. The summed E-state index contributed by atoms with van der Waals surface area (Å²) in [7, 11) is 1.74. The molecule has 0 atom stereocenters. The van der Waals surface area contributed by atoms with Crippen LogP contribution in [0.25, 0.3) is 22.2 Å². The number of aromatic nitrogens is 1. The van der Waals surface area contributed by atoms with E-state index < -0.39 is 0 Å². The number of rotatable bonds is 6. The summed E-state index contributed by atoms with van der Waals surface area (Å²) in [6, 6.07) is 17.1. The van der Waals surface area contributed by atoms with Gasteiger partial charge in [-0.1, -0.05) is 30.3 Å². The van der Waals surface area contributed by atoms with Crippen molar-refractivity contribution in [1.29, 1.82) is 0 Å². The fraction of sp³-hybridized carbons (Fsp3) is 0.364. The Morgan fingerprint density at radius 3 is 2.69 bits per heavy atom. The van der Waals surface area contributed by atoms with Gasteiger partial charge in [0.25, 0.3) is 0 Å². The SMILES string of the molecule is COCc1cc(NCC2CCOCC2)c2[nH]c(-c3ccccc3)cc2c1. The second-order valence-corrected chi connectivity index (χ2v) is 7.03. The maximum atomic E-state index is 5.47. The molecular formula is C22H26N2O2. The Balaban J connectivity index is 1.65. The summed E-state index contributed by atoms with van der Waals surface area (Å²) in [4.78, 5) is 3.61. The third kappa shape index (κ3) is 3.76. The van der Waals surface area contributed by atoms with E-state index in [2.05, 4.69) is 52.8 Å². The summed E-state index contributed by atoms with van der Waals surface area (Å²) in [5.74, 6) is 0.674. The number of fused-ring (bicyclic) bond motifs is 1. The lowest BCUT2D eigenvalue weighted by atomic mass is 10.00. The van der Waals surface area contributed by atoms with Crippen molar-refractivity contribution < 1.29 is 9.47 Å². The quantitative estimate of drug-likeness (QED) is 0.670. The molecular weight excluding hydrogens is 324 g/mol. The van der Waals surface area contributed by atoms with Crippen LogP contribution in [-0.2, 0) is 16.1 Å². The number of hydrogen-bond donors (Lipinski definition) is 2. The Morgan fingerprint density at radius 2 is 1.92 bits per heavy atom. The molecule has 3 aromatic rings. The average molecular weight is 350 g/mol. The zero-order chi connectivity index (χ0) is 17.8. The third-order valence-corrected chi connectivity index (χ3v) is 5.11. The number of nitrogens with one attached hydrogen (secondary N) is 2. The van der Waals surface area contributed by atoms with Crippen molar-refractivity contribution in [3.8, 4) is 11.3 Å². The third-order valence-electron chi connectivity index (χ3n) is 5.11. The normalized spacial score (nSPS) is 15.4. The lowest BCUT2D eigenvalue weighted by Gasteiger charge is -2.23. The summed E-state index contributed by atoms with van der Waals surface area (Å²) in [6.45, 7) is 3.36. The predicted molar refractivity (Wildman–Crippen MR) is 106 cm³/mol. The van der Waals surface area contributed by atoms with Crippen molar-refractivity contribution in [2.24, 2.45) is 5.92 Å². The summed E-state index contributed by atoms with van der Waals surface area (Å²) >= 11 is 0. The molecule has 136 valence electrons. The molecule has 26 heavy (non-hydrogen) atoms. The lowest BCUT2D eigenvalue weighted by Crippen LogP contribution is -2.22. The standard InChI is InChI=1S/C22H26N2O2/c1-25-15-17-11-19-13-20(18-5-3-2-4-6-18)24-22(19)21(12-17)23-14-16-7-9-26-10-8-16/h2-6,11-13,16,23-24H,7-10,14-15H2,1H3. The van der Waals surface area contributed by atoms with E-state index in [9.17, 15) is 0 Å². The van der Waals surface area contributed by atoms with Gasteiger partial charge >= 0.3 is 0 Å². The Labute approximate surface area is 154 Å². The first-order valence-corrected chi connectivity index (χ1v) is 9.35. The Morgan fingerprint density at radius 1 is 1.12 bits per heavy atom. The molecule has 0 amide bonds.